The largest absolute Gasteiger partial charge is 0.394 e. The number of aliphatic hydroxyl groups is 8. The third-order valence-electron chi connectivity index (χ3n) is 5.56. The summed E-state index contributed by atoms with van der Waals surface area (Å²) in [7, 11) is 0. The first kappa shape index (κ1) is 24.4. The van der Waals surface area contributed by atoms with Crippen LogP contribution in [0.3, 0.4) is 0 Å². The van der Waals surface area contributed by atoms with Crippen LogP contribution in [0.15, 0.2) is 30.3 Å². The van der Waals surface area contributed by atoms with Crippen LogP contribution in [-0.2, 0) is 20.8 Å². The van der Waals surface area contributed by atoms with Gasteiger partial charge < -0.3 is 55.1 Å². The molecule has 2 fully saturated rings. The van der Waals surface area contributed by atoms with E-state index in [0.29, 0.717) is 0 Å². The van der Waals surface area contributed by atoms with Crippen molar-refractivity contribution in [3.8, 4) is 0 Å². The molecule has 0 radical (unpaired) electrons. The SMILES string of the molecule is OC[C@H]1O[C@@H](O)[C@H](O)[C@@H](O)[C@@H]1O[C@H]1O[C@@](CO)(NCc2ccccc2)[C@H](O)[C@H](O)[C@H]1O. The summed E-state index contributed by atoms with van der Waals surface area (Å²) >= 11 is 0. The van der Waals surface area contributed by atoms with E-state index in [1.807, 2.05) is 6.07 Å². The monoisotopic (exact) mass is 447 g/mol. The maximum Gasteiger partial charge on any atom is 0.189 e. The second-order valence-corrected chi connectivity index (χ2v) is 7.63. The van der Waals surface area contributed by atoms with Crippen molar-refractivity contribution in [2.24, 2.45) is 0 Å². The summed E-state index contributed by atoms with van der Waals surface area (Å²) in [6.45, 7) is -1.41. The van der Waals surface area contributed by atoms with Crippen molar-refractivity contribution >= 4 is 0 Å². The molecule has 2 aliphatic rings. The van der Waals surface area contributed by atoms with Crippen molar-refractivity contribution in [1.29, 1.82) is 0 Å². The van der Waals surface area contributed by atoms with Gasteiger partial charge in [0.05, 0.1) is 13.2 Å². The van der Waals surface area contributed by atoms with Crippen LogP contribution in [0.5, 0.6) is 0 Å². The molecule has 0 aromatic heterocycles. The predicted octanol–water partition coefficient (Wildman–Crippen LogP) is -4.28. The van der Waals surface area contributed by atoms with Gasteiger partial charge in [-0.05, 0) is 5.56 Å². The topological polar surface area (TPSA) is 202 Å². The fourth-order valence-corrected chi connectivity index (χ4v) is 3.65. The Morgan fingerprint density at radius 2 is 1.58 bits per heavy atom. The van der Waals surface area contributed by atoms with E-state index in [0.717, 1.165) is 5.56 Å². The smallest absolute Gasteiger partial charge is 0.189 e. The van der Waals surface area contributed by atoms with Crippen LogP contribution in [0.4, 0.5) is 0 Å². The Kier molecular flexibility index (Phi) is 7.96. The highest BCUT2D eigenvalue weighted by atomic mass is 16.7. The van der Waals surface area contributed by atoms with Gasteiger partial charge in [0.25, 0.3) is 0 Å². The van der Waals surface area contributed by atoms with Gasteiger partial charge in [-0.1, -0.05) is 30.3 Å². The summed E-state index contributed by atoms with van der Waals surface area (Å²) in [6, 6.07) is 8.93. The molecule has 0 bridgehead atoms. The molecule has 0 unspecified atom stereocenters. The Bertz CT molecular complexity index is 695. The lowest BCUT2D eigenvalue weighted by molar-refractivity contribution is -0.380. The molecule has 2 saturated heterocycles. The van der Waals surface area contributed by atoms with E-state index in [-0.39, 0.29) is 6.54 Å². The van der Waals surface area contributed by atoms with Crippen LogP contribution in [0.1, 0.15) is 5.56 Å². The maximum absolute atomic E-state index is 10.5. The van der Waals surface area contributed by atoms with Crippen molar-refractivity contribution in [2.45, 2.75) is 67.6 Å². The molecule has 176 valence electrons. The van der Waals surface area contributed by atoms with E-state index < -0.39 is 74.2 Å². The summed E-state index contributed by atoms with van der Waals surface area (Å²) in [5.74, 6) is 0. The molecule has 31 heavy (non-hydrogen) atoms. The van der Waals surface area contributed by atoms with E-state index in [4.69, 9.17) is 14.2 Å². The highest BCUT2D eigenvalue weighted by Crippen LogP contribution is 2.32. The minimum absolute atomic E-state index is 0.118. The van der Waals surface area contributed by atoms with Crippen molar-refractivity contribution in [2.75, 3.05) is 13.2 Å². The van der Waals surface area contributed by atoms with Gasteiger partial charge in [-0.15, -0.1) is 0 Å². The molecule has 12 nitrogen and oxygen atoms in total. The van der Waals surface area contributed by atoms with Gasteiger partial charge in [0.15, 0.2) is 18.3 Å². The Morgan fingerprint density at radius 3 is 2.19 bits per heavy atom. The second-order valence-electron chi connectivity index (χ2n) is 7.63. The van der Waals surface area contributed by atoms with Gasteiger partial charge in [0.2, 0.25) is 0 Å². The first-order chi connectivity index (χ1) is 14.7. The van der Waals surface area contributed by atoms with Crippen molar-refractivity contribution in [3.05, 3.63) is 35.9 Å². The van der Waals surface area contributed by atoms with Crippen LogP contribution >= 0.6 is 0 Å². The molecule has 0 spiro atoms. The summed E-state index contributed by atoms with van der Waals surface area (Å²) in [5.41, 5.74) is -1.18. The number of benzene rings is 1. The van der Waals surface area contributed by atoms with Gasteiger partial charge in [-0.2, -0.15) is 0 Å². The van der Waals surface area contributed by atoms with Gasteiger partial charge in [-0.25, -0.2) is 0 Å². The zero-order valence-electron chi connectivity index (χ0n) is 16.5. The zero-order chi connectivity index (χ0) is 22.8. The molecule has 12 heteroatoms. The fourth-order valence-electron chi connectivity index (χ4n) is 3.65. The van der Waals surface area contributed by atoms with Crippen molar-refractivity contribution in [3.63, 3.8) is 0 Å². The molecule has 2 heterocycles. The molecule has 2 aliphatic heterocycles. The molecular formula is C19H29NO11. The lowest BCUT2D eigenvalue weighted by Gasteiger charge is -2.50. The maximum atomic E-state index is 10.5. The number of aliphatic hydroxyl groups excluding tert-OH is 8. The van der Waals surface area contributed by atoms with E-state index in [9.17, 15) is 40.9 Å². The molecule has 1 aromatic carbocycles. The van der Waals surface area contributed by atoms with E-state index >= 15 is 0 Å². The van der Waals surface area contributed by atoms with E-state index in [2.05, 4.69) is 5.32 Å². The van der Waals surface area contributed by atoms with Crippen LogP contribution in [-0.4, -0.2) is 115 Å². The Labute approximate surface area is 177 Å². The molecule has 1 aromatic rings. The Hall–Kier alpha value is -1.26. The second kappa shape index (κ2) is 10.1. The molecule has 0 aliphatic carbocycles. The van der Waals surface area contributed by atoms with Crippen LogP contribution < -0.4 is 5.32 Å². The molecule has 10 atom stereocenters. The van der Waals surface area contributed by atoms with Crippen LogP contribution in [0.25, 0.3) is 0 Å². The Morgan fingerprint density at radius 1 is 0.903 bits per heavy atom. The van der Waals surface area contributed by atoms with Gasteiger partial charge in [-0.3, -0.25) is 5.32 Å². The molecule has 0 amide bonds. The summed E-state index contributed by atoms with van der Waals surface area (Å²) in [5, 5.41) is 83.1. The van der Waals surface area contributed by atoms with Gasteiger partial charge in [0.1, 0.15) is 42.7 Å². The third kappa shape index (κ3) is 4.90. The van der Waals surface area contributed by atoms with Gasteiger partial charge >= 0.3 is 0 Å². The predicted molar refractivity (Wildman–Crippen MR) is 101 cm³/mol. The number of ether oxygens (including phenoxy) is 3. The van der Waals surface area contributed by atoms with Crippen molar-refractivity contribution < 1.29 is 55.1 Å². The first-order valence-corrected chi connectivity index (χ1v) is 9.82. The molecule has 0 saturated carbocycles. The third-order valence-corrected chi connectivity index (χ3v) is 5.56. The molecular weight excluding hydrogens is 418 g/mol. The fraction of sp³-hybridized carbons (Fsp3) is 0.684. The van der Waals surface area contributed by atoms with Crippen LogP contribution in [0.2, 0.25) is 0 Å². The minimum atomic E-state index is -1.95. The summed E-state index contributed by atoms with van der Waals surface area (Å²) < 4.78 is 16.1. The lowest BCUT2D eigenvalue weighted by Crippen LogP contribution is -2.72. The number of hydrogen-bond donors (Lipinski definition) is 9. The number of nitrogens with one attached hydrogen (secondary N) is 1. The highest BCUT2D eigenvalue weighted by Gasteiger charge is 2.56. The van der Waals surface area contributed by atoms with E-state index in [1.165, 1.54) is 0 Å². The standard InChI is InChI=1S/C19H29NO11/c21-7-10-15(11(23)13(25)17(28)29-10)30-18-14(26)12(24)16(27)19(8-22,31-18)20-6-9-4-2-1-3-5-9/h1-5,10-18,20-28H,6-8H2/t10-,11-,12-,13-,14-,15-,16-,17-,18+,19-/m1/s1. The molecule has 3 rings (SSSR count). The summed E-state index contributed by atoms with van der Waals surface area (Å²) in [6.07, 6.45) is -15.2. The van der Waals surface area contributed by atoms with Crippen LogP contribution in [0, 0.1) is 0 Å². The quantitative estimate of drug-likeness (QED) is 0.195. The first-order valence-electron chi connectivity index (χ1n) is 9.82. The number of hydrogen-bond acceptors (Lipinski definition) is 12. The Balaban J connectivity index is 1.79. The lowest BCUT2D eigenvalue weighted by atomic mass is 9.93. The average molecular weight is 447 g/mol. The summed E-state index contributed by atoms with van der Waals surface area (Å²) in [4.78, 5) is 0. The van der Waals surface area contributed by atoms with Crippen molar-refractivity contribution in [1.82, 2.24) is 5.32 Å². The van der Waals surface area contributed by atoms with E-state index in [1.54, 1.807) is 24.3 Å². The number of rotatable bonds is 7. The zero-order valence-corrected chi connectivity index (χ0v) is 16.5. The average Bonchev–Trinajstić information content (AvgIpc) is 2.79. The van der Waals surface area contributed by atoms with Gasteiger partial charge in [0, 0.05) is 6.54 Å². The normalized spacial score (nSPS) is 43.7. The molecule has 9 N–H and O–H groups in total. The highest BCUT2D eigenvalue weighted by molar-refractivity contribution is 5.15. The minimum Gasteiger partial charge on any atom is -0.394 e.